The molecular weight excluding hydrogens is 502 g/mol. The van der Waals surface area contributed by atoms with Gasteiger partial charge in [0.15, 0.2) is 5.75 Å². The number of benzene rings is 3. The fourth-order valence-electron chi connectivity index (χ4n) is 5.23. The highest BCUT2D eigenvalue weighted by atomic mass is 16.6. The Morgan fingerprint density at radius 2 is 1.49 bits per heavy atom. The number of nitro benzene ring substituents is 1. The number of aliphatic hydroxyl groups is 1. The third kappa shape index (κ3) is 5.51. The predicted molar refractivity (Wildman–Crippen MR) is 144 cm³/mol. The van der Waals surface area contributed by atoms with Gasteiger partial charge in [-0.2, -0.15) is 0 Å². The van der Waals surface area contributed by atoms with Gasteiger partial charge in [-0.3, -0.25) is 24.5 Å². The molecule has 0 aromatic heterocycles. The van der Waals surface area contributed by atoms with E-state index < -0.39 is 63.7 Å². The number of para-hydroxylation sites is 2. The van der Waals surface area contributed by atoms with Crippen LogP contribution < -0.4 is 10.6 Å². The lowest BCUT2D eigenvalue weighted by atomic mass is 9.61. The van der Waals surface area contributed by atoms with Crippen LogP contribution in [0.5, 0.6) is 5.75 Å². The molecule has 0 heterocycles. The van der Waals surface area contributed by atoms with E-state index in [4.69, 9.17) is 0 Å². The highest BCUT2D eigenvalue weighted by molar-refractivity contribution is 6.10. The van der Waals surface area contributed by atoms with Crippen molar-refractivity contribution in [1.29, 1.82) is 0 Å². The summed E-state index contributed by atoms with van der Waals surface area (Å²) in [6, 6.07) is 17.4. The molecule has 0 radical (unpaired) electrons. The number of carbonyl (C=O) groups is 3. The van der Waals surface area contributed by atoms with Gasteiger partial charge in [-0.25, -0.2) is 0 Å². The van der Waals surface area contributed by atoms with Crippen molar-refractivity contribution in [3.63, 3.8) is 0 Å². The van der Waals surface area contributed by atoms with Gasteiger partial charge in [0.05, 0.1) is 16.4 Å². The number of ketones is 1. The Bertz CT molecular complexity index is 1470. The van der Waals surface area contributed by atoms with E-state index >= 15 is 0 Å². The average Bonchev–Trinajstić information content (AvgIpc) is 2.85. The van der Waals surface area contributed by atoms with Gasteiger partial charge < -0.3 is 20.8 Å². The largest absolute Gasteiger partial charge is 0.502 e. The molecule has 10 heteroatoms. The van der Waals surface area contributed by atoms with E-state index in [0.29, 0.717) is 11.4 Å². The highest BCUT2D eigenvalue weighted by Crippen LogP contribution is 2.48. The topological polar surface area (TPSA) is 159 Å². The lowest BCUT2D eigenvalue weighted by molar-refractivity contribution is -0.386. The Hall–Kier alpha value is -4.57. The number of carbonyl (C=O) groups excluding carboxylic acids is 3. The molecule has 3 aromatic rings. The van der Waals surface area contributed by atoms with E-state index in [0.717, 1.165) is 23.3 Å². The van der Waals surface area contributed by atoms with Gasteiger partial charge in [0.25, 0.3) is 0 Å². The Labute approximate surface area is 224 Å². The van der Waals surface area contributed by atoms with Gasteiger partial charge in [-0.15, -0.1) is 0 Å². The molecule has 0 aliphatic heterocycles. The number of phenols is 1. The first kappa shape index (κ1) is 27.5. The zero-order chi connectivity index (χ0) is 28.5. The number of hydrogen-bond acceptors (Lipinski definition) is 7. The Balaban J connectivity index is 1.85. The van der Waals surface area contributed by atoms with Crippen LogP contribution >= 0.6 is 0 Å². The monoisotopic (exact) mass is 531 g/mol. The molecule has 4 N–H and O–H groups in total. The number of aromatic hydroxyl groups is 1. The van der Waals surface area contributed by atoms with Crippen molar-refractivity contribution in [2.45, 2.75) is 38.7 Å². The Morgan fingerprint density at radius 1 is 0.949 bits per heavy atom. The third-order valence-corrected chi connectivity index (χ3v) is 7.22. The maximum atomic E-state index is 13.8. The summed E-state index contributed by atoms with van der Waals surface area (Å²) >= 11 is 0. The van der Waals surface area contributed by atoms with Crippen LogP contribution in [-0.4, -0.2) is 38.3 Å². The number of phenolic OH excluding ortho intramolecular Hbond substituents is 1. The molecule has 1 aliphatic rings. The van der Waals surface area contributed by atoms with Crippen LogP contribution in [-0.2, 0) is 14.4 Å². The number of anilines is 2. The van der Waals surface area contributed by atoms with Gasteiger partial charge >= 0.3 is 5.69 Å². The van der Waals surface area contributed by atoms with Gasteiger partial charge in [-0.1, -0.05) is 42.5 Å². The van der Waals surface area contributed by atoms with Crippen LogP contribution in [0.25, 0.3) is 0 Å². The van der Waals surface area contributed by atoms with Crippen molar-refractivity contribution < 1.29 is 29.5 Å². The standard InChI is InChI=1S/C29H29N3O7/c1-16-8-4-6-10-19(16)30-27(35)25-23(34)15-29(3,37)26(28(36)31-20-11-7-5-9-17(20)2)24(25)18-12-13-22(33)21(14-18)32(38)39/h4-14,24-26,33,37H,15H2,1-3H3,(H,30,35)(H,31,36). The molecular formula is C29H29N3O7. The fraction of sp³-hybridized carbons (Fsp3) is 0.276. The van der Waals surface area contributed by atoms with Crippen LogP contribution in [0.4, 0.5) is 17.1 Å². The van der Waals surface area contributed by atoms with Crippen molar-refractivity contribution in [1.82, 2.24) is 0 Å². The molecule has 2 amide bonds. The summed E-state index contributed by atoms with van der Waals surface area (Å²) in [7, 11) is 0. The molecule has 0 spiro atoms. The maximum absolute atomic E-state index is 13.8. The molecule has 1 saturated carbocycles. The van der Waals surface area contributed by atoms with Crippen LogP contribution in [0.1, 0.15) is 36.0 Å². The quantitative estimate of drug-likeness (QED) is 0.210. The Kier molecular flexibility index (Phi) is 7.51. The lowest BCUT2D eigenvalue weighted by Gasteiger charge is -2.44. The normalized spacial score (nSPS) is 22.7. The van der Waals surface area contributed by atoms with E-state index in [-0.39, 0.29) is 5.56 Å². The third-order valence-electron chi connectivity index (χ3n) is 7.22. The number of nitrogens with one attached hydrogen (secondary N) is 2. The number of Topliss-reactive ketones (excluding diaryl/α,β-unsaturated/α-hetero) is 1. The van der Waals surface area contributed by atoms with Crippen LogP contribution in [0.15, 0.2) is 66.7 Å². The summed E-state index contributed by atoms with van der Waals surface area (Å²) in [5.74, 6) is -6.69. The zero-order valence-corrected chi connectivity index (χ0v) is 21.7. The molecule has 4 unspecified atom stereocenters. The molecule has 202 valence electrons. The minimum atomic E-state index is -1.89. The first-order valence-corrected chi connectivity index (χ1v) is 12.4. The molecule has 4 rings (SSSR count). The number of rotatable bonds is 6. The van der Waals surface area contributed by atoms with Crippen molar-refractivity contribution in [2.75, 3.05) is 10.6 Å². The molecule has 1 fully saturated rings. The number of hydrogen-bond donors (Lipinski definition) is 4. The molecule has 10 nitrogen and oxygen atoms in total. The van der Waals surface area contributed by atoms with E-state index in [1.165, 1.54) is 13.0 Å². The molecule has 39 heavy (non-hydrogen) atoms. The number of nitro groups is 1. The molecule has 1 aliphatic carbocycles. The average molecular weight is 532 g/mol. The van der Waals surface area contributed by atoms with Crippen molar-refractivity contribution >= 4 is 34.7 Å². The minimum Gasteiger partial charge on any atom is -0.502 e. The van der Waals surface area contributed by atoms with Crippen LogP contribution in [0.3, 0.4) is 0 Å². The summed E-state index contributed by atoms with van der Waals surface area (Å²) in [4.78, 5) is 51.7. The van der Waals surface area contributed by atoms with Gasteiger partial charge in [-0.05, 0) is 55.7 Å². The second kappa shape index (κ2) is 10.7. The summed E-state index contributed by atoms with van der Waals surface area (Å²) < 4.78 is 0. The second-order valence-electron chi connectivity index (χ2n) is 10.1. The number of nitrogens with zero attached hydrogens (tertiary/aromatic N) is 1. The molecule has 3 aromatic carbocycles. The van der Waals surface area contributed by atoms with E-state index in [1.54, 1.807) is 62.4 Å². The van der Waals surface area contributed by atoms with Crippen LogP contribution in [0.2, 0.25) is 0 Å². The second-order valence-corrected chi connectivity index (χ2v) is 10.1. The van der Waals surface area contributed by atoms with Crippen molar-refractivity contribution in [3.8, 4) is 5.75 Å². The van der Waals surface area contributed by atoms with Gasteiger partial charge in [0.1, 0.15) is 11.7 Å². The number of amides is 2. The maximum Gasteiger partial charge on any atom is 0.310 e. The first-order valence-electron chi connectivity index (χ1n) is 12.4. The van der Waals surface area contributed by atoms with Crippen molar-refractivity contribution in [3.05, 3.63) is 93.5 Å². The zero-order valence-electron chi connectivity index (χ0n) is 21.7. The molecule has 0 bridgehead atoms. The minimum absolute atomic E-state index is 0.0858. The molecule has 0 saturated heterocycles. The van der Waals surface area contributed by atoms with Crippen LogP contribution in [0, 0.1) is 35.8 Å². The predicted octanol–water partition coefficient (Wildman–Crippen LogP) is 4.23. The summed E-state index contributed by atoms with van der Waals surface area (Å²) in [6.45, 7) is 4.91. The smallest absolute Gasteiger partial charge is 0.310 e. The Morgan fingerprint density at radius 3 is 2.03 bits per heavy atom. The van der Waals surface area contributed by atoms with Gasteiger partial charge in [0, 0.05) is 29.8 Å². The van der Waals surface area contributed by atoms with Gasteiger partial charge in [0.2, 0.25) is 11.8 Å². The van der Waals surface area contributed by atoms with Crippen molar-refractivity contribution in [2.24, 2.45) is 11.8 Å². The lowest BCUT2D eigenvalue weighted by Crippen LogP contribution is -2.56. The van der Waals surface area contributed by atoms with E-state index in [2.05, 4.69) is 10.6 Å². The highest BCUT2D eigenvalue weighted by Gasteiger charge is 2.56. The van der Waals surface area contributed by atoms with E-state index in [9.17, 15) is 34.7 Å². The summed E-state index contributed by atoms with van der Waals surface area (Å²) in [5, 5.41) is 38.6. The fourth-order valence-corrected chi connectivity index (χ4v) is 5.23. The summed E-state index contributed by atoms with van der Waals surface area (Å²) in [5.41, 5.74) is -0.0185. The summed E-state index contributed by atoms with van der Waals surface area (Å²) in [6.07, 6.45) is -0.485. The first-order chi connectivity index (χ1) is 18.4. The number of aryl methyl sites for hydroxylation is 2. The molecule has 4 atom stereocenters. The van der Waals surface area contributed by atoms with E-state index in [1.807, 2.05) is 0 Å². The SMILES string of the molecule is Cc1ccccc1NC(=O)C1C(=O)CC(C)(O)C(C(=O)Nc2ccccc2C)C1c1ccc(O)c([N+](=O)[O-])c1.